The van der Waals surface area contributed by atoms with Crippen LogP contribution in [0.15, 0.2) is 0 Å². The highest BCUT2D eigenvalue weighted by atomic mass is 14.9. The first-order chi connectivity index (χ1) is 6.75. The smallest absolute Gasteiger partial charge is 0.00176 e. The van der Waals surface area contributed by atoms with E-state index in [1.54, 1.807) is 0 Å². The van der Waals surface area contributed by atoms with E-state index in [2.05, 4.69) is 19.2 Å². The zero-order chi connectivity index (χ0) is 9.97. The zero-order valence-electron chi connectivity index (χ0n) is 9.76. The van der Waals surface area contributed by atoms with Gasteiger partial charge in [-0.05, 0) is 49.6 Å². The Balaban J connectivity index is 1.86. The van der Waals surface area contributed by atoms with Crippen molar-refractivity contribution in [1.29, 1.82) is 0 Å². The molecule has 1 aliphatic heterocycles. The van der Waals surface area contributed by atoms with E-state index >= 15 is 0 Å². The topological polar surface area (TPSA) is 12.0 Å². The maximum atomic E-state index is 3.60. The first-order valence-corrected chi connectivity index (χ1v) is 6.46. The molecule has 1 saturated carbocycles. The molecule has 0 bridgehead atoms. The summed E-state index contributed by atoms with van der Waals surface area (Å²) in [6, 6.07) is 0. The SMILES string of the molecule is CC1CCCC(C2CNCC(C)C2)C1. The van der Waals surface area contributed by atoms with Crippen molar-refractivity contribution >= 4 is 0 Å². The molecule has 0 aromatic heterocycles. The number of hydrogen-bond acceptors (Lipinski definition) is 1. The second-order valence-corrected chi connectivity index (χ2v) is 5.79. The maximum Gasteiger partial charge on any atom is -0.00176 e. The summed E-state index contributed by atoms with van der Waals surface area (Å²) < 4.78 is 0. The van der Waals surface area contributed by atoms with Gasteiger partial charge in [0.2, 0.25) is 0 Å². The molecule has 0 spiro atoms. The lowest BCUT2D eigenvalue weighted by molar-refractivity contribution is 0.155. The van der Waals surface area contributed by atoms with Gasteiger partial charge in [-0.25, -0.2) is 0 Å². The van der Waals surface area contributed by atoms with Crippen molar-refractivity contribution in [2.45, 2.75) is 46.0 Å². The van der Waals surface area contributed by atoms with Crippen molar-refractivity contribution in [3.8, 4) is 0 Å². The standard InChI is InChI=1S/C13H25N/c1-10-4-3-5-12(6-10)13-7-11(2)8-14-9-13/h10-14H,3-9H2,1-2H3. The molecule has 1 saturated heterocycles. The lowest BCUT2D eigenvalue weighted by atomic mass is 9.72. The van der Waals surface area contributed by atoms with E-state index in [-0.39, 0.29) is 0 Å². The van der Waals surface area contributed by atoms with Gasteiger partial charge in [-0.15, -0.1) is 0 Å². The zero-order valence-corrected chi connectivity index (χ0v) is 9.76. The average molecular weight is 195 g/mol. The van der Waals surface area contributed by atoms with E-state index < -0.39 is 0 Å². The Hall–Kier alpha value is -0.0400. The minimum Gasteiger partial charge on any atom is -0.316 e. The van der Waals surface area contributed by atoms with Gasteiger partial charge in [0, 0.05) is 0 Å². The van der Waals surface area contributed by atoms with E-state index in [9.17, 15) is 0 Å². The largest absolute Gasteiger partial charge is 0.316 e. The van der Waals surface area contributed by atoms with Gasteiger partial charge in [0.15, 0.2) is 0 Å². The average Bonchev–Trinajstić information content (AvgIpc) is 2.18. The predicted octanol–water partition coefficient (Wildman–Crippen LogP) is 3.06. The number of nitrogens with one attached hydrogen (secondary N) is 1. The van der Waals surface area contributed by atoms with Gasteiger partial charge in [0.25, 0.3) is 0 Å². The summed E-state index contributed by atoms with van der Waals surface area (Å²) in [7, 11) is 0. The van der Waals surface area contributed by atoms with E-state index in [0.29, 0.717) is 0 Å². The molecule has 0 amide bonds. The summed E-state index contributed by atoms with van der Waals surface area (Å²) in [5.41, 5.74) is 0. The molecule has 4 unspecified atom stereocenters. The van der Waals surface area contributed by atoms with E-state index in [1.165, 1.54) is 45.2 Å². The second-order valence-electron chi connectivity index (χ2n) is 5.79. The normalized spacial score (nSPS) is 45.0. The first kappa shape index (κ1) is 10.5. The maximum absolute atomic E-state index is 3.60. The van der Waals surface area contributed by atoms with Crippen molar-refractivity contribution in [3.63, 3.8) is 0 Å². The molecule has 1 aliphatic carbocycles. The van der Waals surface area contributed by atoms with E-state index in [4.69, 9.17) is 0 Å². The molecule has 2 rings (SSSR count). The Bertz CT molecular complexity index is 158. The lowest BCUT2D eigenvalue weighted by Crippen LogP contribution is -2.39. The van der Waals surface area contributed by atoms with Gasteiger partial charge in [-0.2, -0.15) is 0 Å². The molecular weight excluding hydrogens is 170 g/mol. The van der Waals surface area contributed by atoms with Crippen LogP contribution in [0.3, 0.4) is 0 Å². The van der Waals surface area contributed by atoms with Gasteiger partial charge in [-0.3, -0.25) is 0 Å². The van der Waals surface area contributed by atoms with Crippen LogP contribution < -0.4 is 5.32 Å². The number of hydrogen-bond donors (Lipinski definition) is 1. The van der Waals surface area contributed by atoms with Crippen LogP contribution in [0.25, 0.3) is 0 Å². The predicted molar refractivity (Wildman–Crippen MR) is 61.3 cm³/mol. The Morgan fingerprint density at radius 2 is 1.64 bits per heavy atom. The molecule has 2 fully saturated rings. The molecular formula is C13H25N. The quantitative estimate of drug-likeness (QED) is 0.678. The third-order valence-corrected chi connectivity index (χ3v) is 4.25. The Labute approximate surface area is 88.7 Å². The first-order valence-electron chi connectivity index (χ1n) is 6.46. The number of piperidine rings is 1. The van der Waals surface area contributed by atoms with Crippen molar-refractivity contribution in [2.75, 3.05) is 13.1 Å². The van der Waals surface area contributed by atoms with E-state index in [1.807, 2.05) is 0 Å². The van der Waals surface area contributed by atoms with Crippen LogP contribution in [0.4, 0.5) is 0 Å². The fraction of sp³-hybridized carbons (Fsp3) is 1.00. The fourth-order valence-corrected chi connectivity index (χ4v) is 3.47. The van der Waals surface area contributed by atoms with Crippen LogP contribution >= 0.6 is 0 Å². The highest BCUT2D eigenvalue weighted by Crippen LogP contribution is 2.36. The second kappa shape index (κ2) is 4.65. The minimum absolute atomic E-state index is 0.908. The molecule has 1 heterocycles. The van der Waals surface area contributed by atoms with Crippen LogP contribution in [0.1, 0.15) is 46.0 Å². The summed E-state index contributed by atoms with van der Waals surface area (Å²) in [6.45, 7) is 7.37. The summed E-state index contributed by atoms with van der Waals surface area (Å²) in [5, 5.41) is 3.60. The van der Waals surface area contributed by atoms with Crippen molar-refractivity contribution in [3.05, 3.63) is 0 Å². The third kappa shape index (κ3) is 2.50. The molecule has 0 radical (unpaired) electrons. The Morgan fingerprint density at radius 3 is 2.36 bits per heavy atom. The van der Waals surface area contributed by atoms with Crippen LogP contribution in [0.5, 0.6) is 0 Å². The van der Waals surface area contributed by atoms with Crippen LogP contribution in [-0.4, -0.2) is 13.1 Å². The van der Waals surface area contributed by atoms with Crippen molar-refractivity contribution in [1.82, 2.24) is 5.32 Å². The monoisotopic (exact) mass is 195 g/mol. The molecule has 82 valence electrons. The summed E-state index contributed by atoms with van der Waals surface area (Å²) >= 11 is 0. The Morgan fingerprint density at radius 1 is 0.857 bits per heavy atom. The van der Waals surface area contributed by atoms with Crippen molar-refractivity contribution < 1.29 is 0 Å². The van der Waals surface area contributed by atoms with Crippen LogP contribution in [0.2, 0.25) is 0 Å². The summed E-state index contributed by atoms with van der Waals surface area (Å²) in [6.07, 6.45) is 7.44. The number of rotatable bonds is 1. The third-order valence-electron chi connectivity index (χ3n) is 4.25. The van der Waals surface area contributed by atoms with Crippen molar-refractivity contribution in [2.24, 2.45) is 23.7 Å². The van der Waals surface area contributed by atoms with Gasteiger partial charge in [0.1, 0.15) is 0 Å². The highest BCUT2D eigenvalue weighted by molar-refractivity contribution is 4.82. The van der Waals surface area contributed by atoms with Gasteiger partial charge >= 0.3 is 0 Å². The minimum atomic E-state index is 0.908. The fourth-order valence-electron chi connectivity index (χ4n) is 3.47. The molecule has 0 aromatic rings. The highest BCUT2D eigenvalue weighted by Gasteiger charge is 2.29. The molecule has 1 heteroatoms. The van der Waals surface area contributed by atoms with E-state index in [0.717, 1.165) is 23.7 Å². The van der Waals surface area contributed by atoms with Crippen LogP contribution in [0, 0.1) is 23.7 Å². The molecule has 1 nitrogen and oxygen atoms in total. The molecule has 0 aromatic carbocycles. The summed E-state index contributed by atoms with van der Waals surface area (Å²) in [5.74, 6) is 3.92. The molecule has 1 N–H and O–H groups in total. The van der Waals surface area contributed by atoms with Gasteiger partial charge in [-0.1, -0.05) is 33.1 Å². The Kier molecular flexibility index (Phi) is 3.48. The molecule has 4 atom stereocenters. The lowest BCUT2D eigenvalue weighted by Gasteiger charge is -2.37. The van der Waals surface area contributed by atoms with Gasteiger partial charge in [0.05, 0.1) is 0 Å². The molecule has 14 heavy (non-hydrogen) atoms. The summed E-state index contributed by atoms with van der Waals surface area (Å²) in [4.78, 5) is 0. The van der Waals surface area contributed by atoms with Gasteiger partial charge < -0.3 is 5.32 Å². The molecule has 2 aliphatic rings. The van der Waals surface area contributed by atoms with Crippen LogP contribution in [-0.2, 0) is 0 Å².